The van der Waals surface area contributed by atoms with E-state index >= 15 is 0 Å². The second kappa shape index (κ2) is 5.95. The molecule has 1 aromatic carbocycles. The van der Waals surface area contributed by atoms with E-state index in [1.54, 1.807) is 0 Å². The monoisotopic (exact) mass is 307 g/mol. The van der Waals surface area contributed by atoms with Gasteiger partial charge in [0.2, 0.25) is 0 Å². The maximum atomic E-state index is 12.5. The van der Waals surface area contributed by atoms with Crippen LogP contribution in [0.25, 0.3) is 0 Å². The molecule has 0 atom stereocenters. The molecule has 1 amide bonds. The van der Waals surface area contributed by atoms with Crippen molar-refractivity contribution in [3.63, 3.8) is 0 Å². The third-order valence-electron chi connectivity index (χ3n) is 1.70. The molecule has 1 rings (SSSR count). The number of carbonyl (C=O) groups is 1. The quantitative estimate of drug-likeness (QED) is 0.516. The number of rotatable bonds is 4. The lowest BCUT2D eigenvalue weighted by Gasteiger charge is -2.03. The minimum absolute atomic E-state index is 0.144. The van der Waals surface area contributed by atoms with Crippen LogP contribution < -0.4 is 5.32 Å². The molecule has 4 heteroatoms. The zero-order valence-corrected chi connectivity index (χ0v) is 9.75. The third-order valence-corrected chi connectivity index (χ3v) is 2.47. The molecule has 0 aliphatic rings. The first-order chi connectivity index (χ1) is 6.74. The lowest BCUT2D eigenvalue weighted by molar-refractivity contribution is 0.0954. The van der Waals surface area contributed by atoms with Crippen molar-refractivity contribution in [1.82, 2.24) is 5.32 Å². The maximum absolute atomic E-state index is 12.5. The van der Waals surface area contributed by atoms with Gasteiger partial charge in [0.1, 0.15) is 5.82 Å². The van der Waals surface area contributed by atoms with E-state index in [1.165, 1.54) is 24.3 Å². The first-order valence-electron chi connectivity index (χ1n) is 4.34. The summed E-state index contributed by atoms with van der Waals surface area (Å²) in [5.41, 5.74) is 0.500. The molecular weight excluding hydrogens is 296 g/mol. The van der Waals surface area contributed by atoms with Crippen LogP contribution >= 0.6 is 22.6 Å². The summed E-state index contributed by atoms with van der Waals surface area (Å²) in [4.78, 5) is 11.4. The smallest absolute Gasteiger partial charge is 0.251 e. The van der Waals surface area contributed by atoms with E-state index in [4.69, 9.17) is 0 Å². The highest BCUT2D eigenvalue weighted by Gasteiger charge is 2.03. The van der Waals surface area contributed by atoms with Crippen molar-refractivity contribution in [2.45, 2.75) is 6.42 Å². The summed E-state index contributed by atoms with van der Waals surface area (Å²) in [6.07, 6.45) is 0.952. The Hall–Kier alpha value is -0.650. The molecule has 0 saturated heterocycles. The Morgan fingerprint density at radius 2 is 2.00 bits per heavy atom. The summed E-state index contributed by atoms with van der Waals surface area (Å²) in [6, 6.07) is 5.53. The fourth-order valence-corrected chi connectivity index (χ4v) is 1.35. The first-order valence-corrected chi connectivity index (χ1v) is 5.86. The van der Waals surface area contributed by atoms with Crippen LogP contribution in [0.2, 0.25) is 0 Å². The molecule has 0 heterocycles. The van der Waals surface area contributed by atoms with Crippen LogP contribution in [-0.2, 0) is 0 Å². The molecule has 1 N–H and O–H groups in total. The number of benzene rings is 1. The number of halogens is 2. The second-order valence-electron chi connectivity index (χ2n) is 2.81. The molecule has 0 unspecified atom stereocenters. The molecular formula is C10H11FINO. The van der Waals surface area contributed by atoms with Crippen LogP contribution in [0.5, 0.6) is 0 Å². The Morgan fingerprint density at radius 1 is 1.36 bits per heavy atom. The Morgan fingerprint density at radius 3 is 2.57 bits per heavy atom. The van der Waals surface area contributed by atoms with Gasteiger partial charge >= 0.3 is 0 Å². The van der Waals surface area contributed by atoms with Crippen molar-refractivity contribution >= 4 is 28.5 Å². The summed E-state index contributed by atoms with van der Waals surface area (Å²) in [5, 5.41) is 2.75. The molecule has 0 spiro atoms. The molecule has 0 saturated carbocycles. The van der Waals surface area contributed by atoms with Crippen molar-refractivity contribution in [1.29, 1.82) is 0 Å². The van der Waals surface area contributed by atoms with Gasteiger partial charge in [-0.1, -0.05) is 22.6 Å². The lowest BCUT2D eigenvalue weighted by atomic mass is 10.2. The zero-order chi connectivity index (χ0) is 10.4. The fraction of sp³-hybridized carbons (Fsp3) is 0.300. The highest BCUT2D eigenvalue weighted by Crippen LogP contribution is 2.02. The van der Waals surface area contributed by atoms with Crippen molar-refractivity contribution in [3.05, 3.63) is 35.6 Å². The number of nitrogens with one attached hydrogen (secondary N) is 1. The molecule has 0 radical (unpaired) electrons. The van der Waals surface area contributed by atoms with Crippen molar-refractivity contribution in [2.24, 2.45) is 0 Å². The van der Waals surface area contributed by atoms with Crippen molar-refractivity contribution in [3.8, 4) is 0 Å². The number of amides is 1. The average molecular weight is 307 g/mol. The van der Waals surface area contributed by atoms with E-state index < -0.39 is 0 Å². The summed E-state index contributed by atoms with van der Waals surface area (Å²) in [5.74, 6) is -0.469. The number of hydrogen-bond donors (Lipinski definition) is 1. The molecule has 76 valence electrons. The molecule has 0 aromatic heterocycles. The van der Waals surface area contributed by atoms with Crippen LogP contribution in [0.1, 0.15) is 16.8 Å². The van der Waals surface area contributed by atoms with Crippen LogP contribution in [-0.4, -0.2) is 16.9 Å². The Kier molecular flexibility index (Phi) is 4.86. The average Bonchev–Trinajstić information content (AvgIpc) is 2.19. The van der Waals surface area contributed by atoms with E-state index in [2.05, 4.69) is 27.9 Å². The van der Waals surface area contributed by atoms with Crippen molar-refractivity contribution in [2.75, 3.05) is 11.0 Å². The van der Waals surface area contributed by atoms with Gasteiger partial charge in [0, 0.05) is 16.5 Å². The maximum Gasteiger partial charge on any atom is 0.251 e. The molecule has 2 nitrogen and oxygen atoms in total. The summed E-state index contributed by atoms with van der Waals surface area (Å²) >= 11 is 2.25. The van der Waals surface area contributed by atoms with Crippen LogP contribution in [0.3, 0.4) is 0 Å². The van der Waals surface area contributed by atoms with E-state index in [0.29, 0.717) is 12.1 Å². The van der Waals surface area contributed by atoms with E-state index in [-0.39, 0.29) is 11.7 Å². The highest BCUT2D eigenvalue weighted by atomic mass is 127. The third kappa shape index (κ3) is 3.61. The van der Waals surface area contributed by atoms with E-state index in [1.807, 2.05) is 0 Å². The van der Waals surface area contributed by atoms with Crippen LogP contribution in [0.15, 0.2) is 24.3 Å². The SMILES string of the molecule is O=C(NCCCI)c1ccc(F)cc1. The minimum Gasteiger partial charge on any atom is -0.352 e. The van der Waals surface area contributed by atoms with Gasteiger partial charge in [0.25, 0.3) is 5.91 Å². The topological polar surface area (TPSA) is 29.1 Å². The molecule has 0 bridgehead atoms. The summed E-state index contributed by atoms with van der Waals surface area (Å²) in [6.45, 7) is 0.666. The van der Waals surface area contributed by atoms with E-state index in [0.717, 1.165) is 10.8 Å². The Labute approximate surface area is 96.0 Å². The number of alkyl halides is 1. The molecule has 0 aliphatic carbocycles. The zero-order valence-electron chi connectivity index (χ0n) is 7.59. The summed E-state index contributed by atoms with van der Waals surface area (Å²) in [7, 11) is 0. The predicted octanol–water partition coefficient (Wildman–Crippen LogP) is 2.38. The molecule has 0 fully saturated rings. The minimum atomic E-state index is -0.325. The molecule has 0 aliphatic heterocycles. The Bertz CT molecular complexity index is 299. The normalized spacial score (nSPS) is 9.86. The van der Waals surface area contributed by atoms with E-state index in [9.17, 15) is 9.18 Å². The standard InChI is InChI=1S/C10H11FINO/c11-9-4-2-8(3-5-9)10(14)13-7-1-6-12/h2-5H,1,6-7H2,(H,13,14). The van der Waals surface area contributed by atoms with Gasteiger partial charge in [-0.2, -0.15) is 0 Å². The van der Waals surface area contributed by atoms with Gasteiger partial charge in [-0.25, -0.2) is 4.39 Å². The van der Waals surface area contributed by atoms with Gasteiger partial charge in [0.05, 0.1) is 0 Å². The van der Waals surface area contributed by atoms with Crippen LogP contribution in [0.4, 0.5) is 4.39 Å². The largest absolute Gasteiger partial charge is 0.352 e. The van der Waals surface area contributed by atoms with Gasteiger partial charge in [-0.15, -0.1) is 0 Å². The summed E-state index contributed by atoms with van der Waals surface area (Å²) < 4.78 is 13.5. The van der Waals surface area contributed by atoms with Gasteiger partial charge in [0.15, 0.2) is 0 Å². The highest BCUT2D eigenvalue weighted by molar-refractivity contribution is 14.1. The van der Waals surface area contributed by atoms with Crippen LogP contribution in [0, 0.1) is 5.82 Å². The first kappa shape index (κ1) is 11.4. The Balaban J connectivity index is 2.48. The molecule has 14 heavy (non-hydrogen) atoms. The second-order valence-corrected chi connectivity index (χ2v) is 3.88. The fourth-order valence-electron chi connectivity index (χ4n) is 0.972. The van der Waals surface area contributed by atoms with Gasteiger partial charge < -0.3 is 5.32 Å². The lowest BCUT2D eigenvalue weighted by Crippen LogP contribution is -2.24. The van der Waals surface area contributed by atoms with Gasteiger partial charge in [-0.3, -0.25) is 4.79 Å². The number of hydrogen-bond acceptors (Lipinski definition) is 1. The van der Waals surface area contributed by atoms with Crippen molar-refractivity contribution < 1.29 is 9.18 Å². The molecule has 1 aromatic rings. The van der Waals surface area contributed by atoms with Gasteiger partial charge in [-0.05, 0) is 30.7 Å². The number of carbonyl (C=O) groups excluding carboxylic acids is 1. The predicted molar refractivity (Wildman–Crippen MR) is 62.2 cm³/mol.